The van der Waals surface area contributed by atoms with Crippen molar-refractivity contribution in [1.29, 1.82) is 0 Å². The monoisotopic (exact) mass is 416 g/mol. The fraction of sp³-hybridized carbons (Fsp3) is 0.476. The van der Waals surface area contributed by atoms with Gasteiger partial charge in [-0.05, 0) is 80.6 Å². The molecule has 1 aliphatic heterocycles. The third-order valence-electron chi connectivity index (χ3n) is 6.72. The van der Waals surface area contributed by atoms with E-state index < -0.39 is 11.7 Å². The number of carbonyl (C=O) groups excluding carboxylic acids is 2. The first kappa shape index (κ1) is 18.3. The van der Waals surface area contributed by atoms with Gasteiger partial charge in [-0.15, -0.1) is 0 Å². The third-order valence-corrected chi connectivity index (χ3v) is 8.02. The number of hydrogen-bond acceptors (Lipinski definition) is 4. The molecule has 146 valence electrons. The number of nitrogens with zero attached hydrogens (tertiary/aromatic N) is 1. The van der Waals surface area contributed by atoms with E-state index in [1.54, 1.807) is 18.2 Å². The van der Waals surface area contributed by atoms with E-state index in [2.05, 4.69) is 5.43 Å². The predicted molar refractivity (Wildman–Crippen MR) is 110 cm³/mol. The number of thiocarbonyl (C=S) groups is 1. The maximum absolute atomic E-state index is 13.9. The van der Waals surface area contributed by atoms with Gasteiger partial charge in [0.1, 0.15) is 5.82 Å². The fourth-order valence-corrected chi connectivity index (χ4v) is 7.08. The fourth-order valence-electron chi connectivity index (χ4n) is 5.91. The van der Waals surface area contributed by atoms with Crippen LogP contribution in [0.5, 0.6) is 0 Å². The highest BCUT2D eigenvalue weighted by atomic mass is 32.2. The molecule has 1 aromatic rings. The summed E-state index contributed by atoms with van der Waals surface area (Å²) in [5, 5.41) is 1.17. The van der Waals surface area contributed by atoms with Crippen molar-refractivity contribution < 1.29 is 14.0 Å². The Morgan fingerprint density at radius 1 is 1.18 bits per heavy atom. The van der Waals surface area contributed by atoms with Crippen molar-refractivity contribution >= 4 is 46.2 Å². The molecule has 1 saturated heterocycles. The number of hydrazine groups is 1. The van der Waals surface area contributed by atoms with Crippen molar-refractivity contribution in [2.24, 2.45) is 23.2 Å². The lowest BCUT2D eigenvalue weighted by molar-refractivity contribution is -0.152. The topological polar surface area (TPSA) is 49.4 Å². The van der Waals surface area contributed by atoms with Crippen LogP contribution in [-0.4, -0.2) is 21.1 Å². The Balaban J connectivity index is 1.35. The molecule has 5 aliphatic rings. The maximum atomic E-state index is 13.9. The minimum atomic E-state index is -0.398. The maximum Gasteiger partial charge on any atom is 0.285 e. The first-order chi connectivity index (χ1) is 13.4. The lowest BCUT2D eigenvalue weighted by Crippen LogP contribution is -2.57. The summed E-state index contributed by atoms with van der Waals surface area (Å²) in [4.78, 5) is 26.3. The summed E-state index contributed by atoms with van der Waals surface area (Å²) < 4.78 is 14.2. The molecule has 28 heavy (non-hydrogen) atoms. The molecule has 0 unspecified atom stereocenters. The second-order valence-electron chi connectivity index (χ2n) is 8.68. The van der Waals surface area contributed by atoms with Crippen LogP contribution in [0.15, 0.2) is 29.2 Å². The van der Waals surface area contributed by atoms with Crippen molar-refractivity contribution in [3.63, 3.8) is 0 Å². The predicted octanol–water partition coefficient (Wildman–Crippen LogP) is 4.27. The summed E-state index contributed by atoms with van der Waals surface area (Å²) >= 11 is 6.42. The molecule has 4 saturated carbocycles. The van der Waals surface area contributed by atoms with Gasteiger partial charge in [0.05, 0.1) is 10.3 Å². The Bertz CT molecular complexity index is 878. The van der Waals surface area contributed by atoms with Crippen LogP contribution in [0.25, 0.3) is 6.08 Å². The summed E-state index contributed by atoms with van der Waals surface area (Å²) in [6.07, 6.45) is 8.00. The number of amides is 2. The van der Waals surface area contributed by atoms with E-state index in [9.17, 15) is 14.0 Å². The van der Waals surface area contributed by atoms with Gasteiger partial charge >= 0.3 is 0 Å². The van der Waals surface area contributed by atoms with Crippen LogP contribution in [0.2, 0.25) is 0 Å². The van der Waals surface area contributed by atoms with Crippen LogP contribution in [0, 0.1) is 29.0 Å². The van der Waals surface area contributed by atoms with Crippen LogP contribution in [0.3, 0.4) is 0 Å². The summed E-state index contributed by atoms with van der Waals surface area (Å²) in [6.45, 7) is 0. The quantitative estimate of drug-likeness (QED) is 0.590. The van der Waals surface area contributed by atoms with Crippen LogP contribution < -0.4 is 5.43 Å². The van der Waals surface area contributed by atoms with Gasteiger partial charge in [0, 0.05) is 5.56 Å². The molecule has 7 heteroatoms. The van der Waals surface area contributed by atoms with Gasteiger partial charge in [0.15, 0.2) is 4.32 Å². The summed E-state index contributed by atoms with van der Waals surface area (Å²) in [5.74, 6) is 1.06. The molecular formula is C21H21FN2O2S2. The second kappa shape index (κ2) is 6.66. The number of benzene rings is 1. The highest BCUT2D eigenvalue weighted by molar-refractivity contribution is 8.26. The Hall–Kier alpha value is -1.73. The smallest absolute Gasteiger partial charge is 0.273 e. The summed E-state index contributed by atoms with van der Waals surface area (Å²) in [5.41, 5.74) is 2.79. The Kier molecular flexibility index (Phi) is 4.36. The number of halogens is 1. The van der Waals surface area contributed by atoms with Gasteiger partial charge in [-0.1, -0.05) is 30.0 Å². The van der Waals surface area contributed by atoms with Gasteiger partial charge in [0.25, 0.3) is 5.91 Å². The number of hydrogen-bond donors (Lipinski definition) is 1. The van der Waals surface area contributed by atoms with Gasteiger partial charge in [-0.25, -0.2) is 4.39 Å². The lowest BCUT2D eigenvalue weighted by Gasteiger charge is -2.55. The van der Waals surface area contributed by atoms with Crippen LogP contribution in [-0.2, 0) is 9.59 Å². The molecule has 4 aliphatic carbocycles. The molecular weight excluding hydrogens is 395 g/mol. The van der Waals surface area contributed by atoms with E-state index in [1.165, 1.54) is 36.4 Å². The standard InChI is InChI=1S/C21H21FN2O2S2/c22-16-4-2-1-3-15(16)8-17-18(25)24(20(27)28-17)23-19(26)21-9-12-5-13(10-21)7-14(6-12)11-21/h1-4,8,12-14H,5-7,9-11H2,(H,23,26)/b17-8+. The van der Waals surface area contributed by atoms with Crippen LogP contribution in [0.4, 0.5) is 4.39 Å². The molecule has 2 amide bonds. The number of thioether (sulfide) groups is 1. The lowest BCUT2D eigenvalue weighted by atomic mass is 9.49. The Morgan fingerprint density at radius 2 is 1.79 bits per heavy atom. The SMILES string of the molecule is O=C1/C(=C\c2ccccc2F)SC(=S)N1NC(=O)C12CC3CC(CC(C3)C1)C2. The third kappa shape index (κ3) is 2.99. The zero-order valence-corrected chi connectivity index (χ0v) is 17.0. The highest BCUT2D eigenvalue weighted by Gasteiger charge is 2.55. The van der Waals surface area contributed by atoms with Crippen molar-refractivity contribution in [2.45, 2.75) is 38.5 Å². The van der Waals surface area contributed by atoms with Crippen LogP contribution in [0.1, 0.15) is 44.1 Å². The normalized spacial score (nSPS) is 35.1. The van der Waals surface area contributed by atoms with Crippen molar-refractivity contribution in [1.82, 2.24) is 10.4 Å². The molecule has 6 rings (SSSR count). The van der Waals surface area contributed by atoms with E-state index in [0.29, 0.717) is 28.2 Å². The van der Waals surface area contributed by atoms with E-state index in [-0.39, 0.29) is 15.6 Å². The van der Waals surface area contributed by atoms with Crippen molar-refractivity contribution in [2.75, 3.05) is 0 Å². The second-order valence-corrected chi connectivity index (χ2v) is 10.4. The first-order valence-corrected chi connectivity index (χ1v) is 11.0. The minimum absolute atomic E-state index is 0.0740. The highest BCUT2D eigenvalue weighted by Crippen LogP contribution is 2.60. The molecule has 0 atom stereocenters. The van der Waals surface area contributed by atoms with Crippen LogP contribution >= 0.6 is 24.0 Å². The average molecular weight is 417 g/mol. The van der Waals surface area contributed by atoms with Gasteiger partial charge in [-0.3, -0.25) is 15.0 Å². The zero-order chi connectivity index (χ0) is 19.5. The number of nitrogens with one attached hydrogen (secondary N) is 1. The first-order valence-electron chi connectivity index (χ1n) is 9.77. The van der Waals surface area contributed by atoms with Gasteiger partial charge < -0.3 is 0 Å². The van der Waals surface area contributed by atoms with Gasteiger partial charge in [-0.2, -0.15) is 5.01 Å². The van der Waals surface area contributed by atoms with E-state index in [1.807, 2.05) is 0 Å². The molecule has 0 radical (unpaired) electrons. The molecule has 1 aromatic carbocycles. The molecule has 1 heterocycles. The number of rotatable bonds is 3. The van der Waals surface area contributed by atoms with Crippen molar-refractivity contribution in [3.8, 4) is 0 Å². The molecule has 0 spiro atoms. The number of carbonyl (C=O) groups is 2. The van der Waals surface area contributed by atoms with Gasteiger partial charge in [0.2, 0.25) is 5.91 Å². The summed E-state index contributed by atoms with van der Waals surface area (Å²) in [6, 6.07) is 6.27. The van der Waals surface area contributed by atoms with E-state index in [0.717, 1.165) is 31.0 Å². The van der Waals surface area contributed by atoms with Crippen molar-refractivity contribution in [3.05, 3.63) is 40.6 Å². The average Bonchev–Trinajstić information content (AvgIpc) is 2.90. The largest absolute Gasteiger partial charge is 0.285 e. The zero-order valence-electron chi connectivity index (χ0n) is 15.3. The molecule has 1 N–H and O–H groups in total. The molecule has 4 bridgehead atoms. The van der Waals surface area contributed by atoms with E-state index >= 15 is 0 Å². The Morgan fingerprint density at radius 3 is 2.39 bits per heavy atom. The van der Waals surface area contributed by atoms with E-state index in [4.69, 9.17) is 12.2 Å². The molecule has 5 fully saturated rings. The summed E-state index contributed by atoms with van der Waals surface area (Å²) in [7, 11) is 0. The molecule has 4 nitrogen and oxygen atoms in total. The Labute approximate surface area is 172 Å². The molecule has 0 aromatic heterocycles. The minimum Gasteiger partial charge on any atom is -0.273 e.